The largest absolute Gasteiger partial charge is 0.438 e. The lowest BCUT2D eigenvalue weighted by atomic mass is 9.84. The standard InChI is InChI=1S/C32H47FN4O4Si/c1-31(2,3)42(6,7)40-21-9-17-32(25-12-14-26(33)15-13-25)18-20-37(30(39)41-32)27-10-8-19-36(23-27)28-16-11-24(22-34-28)29(38)35(4)5/h11-16,22,27H,8-10,17-21,23H2,1-7H3/t27-,32+/m0/s1. The van der Waals surface area contributed by atoms with Crippen molar-refractivity contribution in [2.45, 2.75) is 82.7 Å². The number of benzene rings is 1. The smallest absolute Gasteiger partial charge is 0.410 e. The summed E-state index contributed by atoms with van der Waals surface area (Å²) in [5.41, 5.74) is 0.554. The molecule has 42 heavy (non-hydrogen) atoms. The monoisotopic (exact) mass is 598 g/mol. The Balaban J connectivity index is 1.44. The van der Waals surface area contributed by atoms with Crippen LogP contribution in [0, 0.1) is 5.82 Å². The van der Waals surface area contributed by atoms with Crippen molar-refractivity contribution in [3.8, 4) is 0 Å². The first-order valence-electron chi connectivity index (χ1n) is 15.0. The van der Waals surface area contributed by atoms with Crippen molar-refractivity contribution in [1.82, 2.24) is 14.8 Å². The second-order valence-corrected chi connectivity index (χ2v) is 18.2. The van der Waals surface area contributed by atoms with E-state index >= 15 is 0 Å². The summed E-state index contributed by atoms with van der Waals surface area (Å²) in [6.07, 6.45) is 5.07. The Hall–Kier alpha value is -2.98. The van der Waals surface area contributed by atoms with Crippen LogP contribution < -0.4 is 4.90 Å². The summed E-state index contributed by atoms with van der Waals surface area (Å²) >= 11 is 0. The predicted octanol–water partition coefficient (Wildman–Crippen LogP) is 6.43. The topological polar surface area (TPSA) is 75.2 Å². The molecule has 8 nitrogen and oxygen atoms in total. The van der Waals surface area contributed by atoms with Crippen LogP contribution in [0.2, 0.25) is 18.1 Å². The van der Waals surface area contributed by atoms with E-state index in [2.05, 4.69) is 43.7 Å². The number of rotatable bonds is 9. The number of anilines is 1. The third kappa shape index (κ3) is 7.14. The summed E-state index contributed by atoms with van der Waals surface area (Å²) in [6, 6.07) is 10.0. The lowest BCUT2D eigenvalue weighted by Gasteiger charge is -2.46. The number of piperidine rings is 1. The highest BCUT2D eigenvalue weighted by molar-refractivity contribution is 6.74. The maximum absolute atomic E-state index is 13.8. The first-order chi connectivity index (χ1) is 19.7. The Morgan fingerprint density at radius 3 is 2.48 bits per heavy atom. The van der Waals surface area contributed by atoms with Crippen molar-refractivity contribution in [3.63, 3.8) is 0 Å². The number of hydrogen-bond acceptors (Lipinski definition) is 6. The Morgan fingerprint density at radius 1 is 1.17 bits per heavy atom. The highest BCUT2D eigenvalue weighted by atomic mass is 28.4. The Morgan fingerprint density at radius 2 is 1.88 bits per heavy atom. The van der Waals surface area contributed by atoms with E-state index in [1.54, 1.807) is 38.5 Å². The molecule has 2 amide bonds. The van der Waals surface area contributed by atoms with Gasteiger partial charge in [0, 0.05) is 53.0 Å². The summed E-state index contributed by atoms with van der Waals surface area (Å²) in [5, 5.41) is 0.120. The number of nitrogens with zero attached hydrogens (tertiary/aromatic N) is 4. The molecule has 0 aliphatic carbocycles. The number of cyclic esters (lactones) is 1. The zero-order valence-electron chi connectivity index (χ0n) is 26.3. The summed E-state index contributed by atoms with van der Waals surface area (Å²) in [4.78, 5) is 36.0. The zero-order valence-corrected chi connectivity index (χ0v) is 27.3. The minimum atomic E-state index is -1.89. The molecule has 4 rings (SSSR count). The van der Waals surface area contributed by atoms with Crippen LogP contribution in [-0.2, 0) is 14.8 Å². The average Bonchev–Trinajstić information content (AvgIpc) is 2.95. The molecule has 0 saturated carbocycles. The van der Waals surface area contributed by atoms with Crippen molar-refractivity contribution in [1.29, 1.82) is 0 Å². The number of halogens is 1. The molecule has 2 aliphatic rings. The van der Waals surface area contributed by atoms with Crippen LogP contribution in [0.1, 0.15) is 68.8 Å². The van der Waals surface area contributed by atoms with Gasteiger partial charge in [-0.25, -0.2) is 14.2 Å². The molecule has 2 aliphatic heterocycles. The van der Waals surface area contributed by atoms with Gasteiger partial charge in [0.25, 0.3) is 5.91 Å². The molecule has 2 aromatic rings. The molecular formula is C32H47FN4O4Si. The fourth-order valence-corrected chi connectivity index (χ4v) is 6.64. The third-order valence-electron chi connectivity index (χ3n) is 9.20. The van der Waals surface area contributed by atoms with Crippen LogP contribution >= 0.6 is 0 Å². The van der Waals surface area contributed by atoms with Crippen LogP contribution in [0.25, 0.3) is 0 Å². The lowest BCUT2D eigenvalue weighted by molar-refractivity contribution is -0.0695. The Bertz CT molecular complexity index is 1230. The SMILES string of the molecule is CN(C)C(=O)c1ccc(N2CCC[C@H](N3CC[C@](CCCO[Si](C)(C)C(C)(C)C)(c4ccc(F)cc4)OC3=O)C2)nc1. The predicted molar refractivity (Wildman–Crippen MR) is 166 cm³/mol. The Labute approximate surface area is 251 Å². The molecular weight excluding hydrogens is 551 g/mol. The molecule has 0 spiro atoms. The van der Waals surface area contributed by atoms with Crippen LogP contribution in [-0.4, -0.2) is 81.5 Å². The van der Waals surface area contributed by atoms with Gasteiger partial charge < -0.3 is 23.9 Å². The quantitative estimate of drug-likeness (QED) is 0.245. The number of carbonyl (C=O) groups is 2. The van der Waals surface area contributed by atoms with Crippen LogP contribution in [0.4, 0.5) is 15.0 Å². The molecule has 1 aromatic heterocycles. The fourth-order valence-electron chi connectivity index (χ4n) is 5.55. The normalized spacial score (nSPS) is 21.7. The van der Waals surface area contributed by atoms with Crippen molar-refractivity contribution < 1.29 is 23.1 Å². The lowest BCUT2D eigenvalue weighted by Crippen LogP contribution is -2.56. The molecule has 2 fully saturated rings. The molecule has 0 unspecified atom stereocenters. The van der Waals surface area contributed by atoms with Crippen molar-refractivity contribution >= 4 is 26.1 Å². The second kappa shape index (κ2) is 12.7. The van der Waals surface area contributed by atoms with Gasteiger partial charge in [0.2, 0.25) is 0 Å². The maximum atomic E-state index is 13.8. The number of pyridine rings is 1. The van der Waals surface area contributed by atoms with Gasteiger partial charge in [-0.1, -0.05) is 32.9 Å². The third-order valence-corrected chi connectivity index (χ3v) is 13.7. The molecule has 2 atom stereocenters. The van der Waals surface area contributed by atoms with Gasteiger partial charge in [-0.2, -0.15) is 0 Å². The first kappa shape index (κ1) is 31.9. The van der Waals surface area contributed by atoms with Gasteiger partial charge in [0.05, 0.1) is 11.6 Å². The molecule has 10 heteroatoms. The van der Waals surface area contributed by atoms with Gasteiger partial charge in [0.15, 0.2) is 8.32 Å². The summed E-state index contributed by atoms with van der Waals surface area (Å²) in [7, 11) is 1.55. The van der Waals surface area contributed by atoms with Crippen LogP contribution in [0.3, 0.4) is 0 Å². The maximum Gasteiger partial charge on any atom is 0.410 e. The number of ether oxygens (including phenoxy) is 1. The van der Waals surface area contributed by atoms with Gasteiger partial charge in [-0.15, -0.1) is 0 Å². The van der Waals surface area contributed by atoms with Gasteiger partial charge in [-0.3, -0.25) is 4.79 Å². The van der Waals surface area contributed by atoms with Gasteiger partial charge in [0.1, 0.15) is 17.2 Å². The van der Waals surface area contributed by atoms with E-state index in [1.807, 2.05) is 11.0 Å². The molecule has 1 aromatic carbocycles. The van der Waals surface area contributed by atoms with E-state index in [9.17, 15) is 14.0 Å². The number of amides is 2. The molecule has 230 valence electrons. The average molecular weight is 599 g/mol. The molecule has 3 heterocycles. The fraction of sp³-hybridized carbons (Fsp3) is 0.594. The van der Waals surface area contributed by atoms with E-state index in [1.165, 1.54) is 17.0 Å². The molecule has 0 bridgehead atoms. The van der Waals surface area contributed by atoms with E-state index in [-0.39, 0.29) is 28.9 Å². The summed E-state index contributed by atoms with van der Waals surface area (Å²) in [5.74, 6) is 0.398. The van der Waals surface area contributed by atoms with Crippen molar-refractivity contribution in [2.24, 2.45) is 0 Å². The van der Waals surface area contributed by atoms with E-state index < -0.39 is 13.9 Å². The number of aromatic nitrogens is 1. The van der Waals surface area contributed by atoms with E-state index in [0.717, 1.165) is 37.2 Å². The van der Waals surface area contributed by atoms with Crippen molar-refractivity contribution in [2.75, 3.05) is 45.2 Å². The minimum Gasteiger partial charge on any atom is -0.438 e. The van der Waals surface area contributed by atoms with Crippen LogP contribution in [0.5, 0.6) is 0 Å². The molecule has 0 radical (unpaired) electrons. The second-order valence-electron chi connectivity index (χ2n) is 13.4. The minimum absolute atomic E-state index is 0.00994. The highest BCUT2D eigenvalue weighted by Gasteiger charge is 2.45. The van der Waals surface area contributed by atoms with Gasteiger partial charge >= 0.3 is 6.09 Å². The Kier molecular flexibility index (Phi) is 9.67. The number of hydrogen-bond donors (Lipinski definition) is 0. The van der Waals surface area contributed by atoms with E-state index in [0.29, 0.717) is 38.1 Å². The first-order valence-corrected chi connectivity index (χ1v) is 18.0. The molecule has 2 saturated heterocycles. The molecule has 0 N–H and O–H groups in total. The van der Waals surface area contributed by atoms with E-state index in [4.69, 9.17) is 9.16 Å². The van der Waals surface area contributed by atoms with Crippen molar-refractivity contribution in [3.05, 3.63) is 59.5 Å². The summed E-state index contributed by atoms with van der Waals surface area (Å²) < 4.78 is 26.5. The number of carbonyl (C=O) groups excluding carboxylic acids is 2. The highest BCUT2D eigenvalue weighted by Crippen LogP contribution is 2.41. The van der Waals surface area contributed by atoms with Crippen LogP contribution in [0.15, 0.2) is 42.6 Å². The zero-order chi connectivity index (χ0) is 30.7. The summed E-state index contributed by atoms with van der Waals surface area (Å²) in [6.45, 7) is 13.8. The van der Waals surface area contributed by atoms with Gasteiger partial charge in [-0.05, 0) is 73.6 Å².